The Morgan fingerprint density at radius 1 is 0.932 bits per heavy atom. The summed E-state index contributed by atoms with van der Waals surface area (Å²) < 4.78 is 46.2. The van der Waals surface area contributed by atoms with Crippen LogP contribution in [-0.4, -0.2) is 49.5 Å². The maximum absolute atomic E-state index is 13.5. The topological polar surface area (TPSA) is 168 Å². The van der Waals surface area contributed by atoms with Gasteiger partial charge in [-0.3, -0.25) is 9.78 Å². The third-order valence-electron chi connectivity index (χ3n) is 6.90. The van der Waals surface area contributed by atoms with Crippen LogP contribution in [0.3, 0.4) is 0 Å². The molecule has 13 heteroatoms. The minimum absolute atomic E-state index is 0.00971. The average Bonchev–Trinajstić information content (AvgIpc) is 3.84. The first-order chi connectivity index (χ1) is 21.2. The van der Waals surface area contributed by atoms with Gasteiger partial charge in [0.05, 0.1) is 31.0 Å². The van der Waals surface area contributed by atoms with E-state index in [1.165, 1.54) is 20.4 Å². The normalized spacial score (nSPS) is 13.0. The number of rotatable bonds is 11. The van der Waals surface area contributed by atoms with Gasteiger partial charge in [0.15, 0.2) is 0 Å². The van der Waals surface area contributed by atoms with Crippen LogP contribution in [0, 0.1) is 0 Å². The van der Waals surface area contributed by atoms with E-state index in [0.717, 1.165) is 18.4 Å². The molecule has 44 heavy (non-hydrogen) atoms. The van der Waals surface area contributed by atoms with Gasteiger partial charge in [-0.2, -0.15) is 4.98 Å². The Hall–Kier alpha value is -5.27. The van der Waals surface area contributed by atoms with Crippen LogP contribution in [0.2, 0.25) is 0 Å². The highest BCUT2D eigenvalue weighted by Gasteiger charge is 2.30. The van der Waals surface area contributed by atoms with E-state index in [9.17, 15) is 13.2 Å². The molecule has 0 saturated heterocycles. The lowest BCUT2D eigenvalue weighted by molar-refractivity contribution is 0.1000. The molecule has 1 fully saturated rings. The summed E-state index contributed by atoms with van der Waals surface area (Å²) in [6.07, 6.45) is 4.51. The number of nitrogens with one attached hydrogen (secondary N) is 2. The Kier molecular flexibility index (Phi) is 7.72. The maximum Gasteiger partial charge on any atom is 0.319 e. The number of hydrogen-bond donors (Lipinski definition) is 3. The Morgan fingerprint density at radius 2 is 1.70 bits per heavy atom. The number of pyridine rings is 1. The van der Waals surface area contributed by atoms with E-state index in [0.29, 0.717) is 50.8 Å². The zero-order valence-corrected chi connectivity index (χ0v) is 24.6. The van der Waals surface area contributed by atoms with Gasteiger partial charge < -0.3 is 25.3 Å². The molecule has 3 aromatic carbocycles. The number of carbonyl (C=O) groups is 1. The molecule has 1 aliphatic rings. The van der Waals surface area contributed by atoms with Crippen LogP contribution in [-0.2, 0) is 10.0 Å². The number of primary amides is 1. The Bertz CT molecular complexity index is 2000. The predicted molar refractivity (Wildman–Crippen MR) is 164 cm³/mol. The van der Waals surface area contributed by atoms with Crippen molar-refractivity contribution in [1.82, 2.24) is 19.7 Å². The number of carbonyl (C=O) groups excluding carboxylic acids is 1. The van der Waals surface area contributed by atoms with E-state index < -0.39 is 15.9 Å². The molecule has 0 bridgehead atoms. The third-order valence-corrected chi connectivity index (χ3v) is 8.43. The van der Waals surface area contributed by atoms with Crippen molar-refractivity contribution >= 4 is 38.2 Å². The lowest BCUT2D eigenvalue weighted by Gasteiger charge is -2.17. The summed E-state index contributed by atoms with van der Waals surface area (Å²) in [5.74, 6) is 0.644. The first-order valence-electron chi connectivity index (χ1n) is 13.6. The Balaban J connectivity index is 1.40. The standard InChI is InChI=1S/C31H28N6O6S/c1-41-30-25(16-34-31(36-30)42-2)18-9-12-24-26(14-18)33-17-27(44(39,40)37-20-10-11-20)28(24)35-21-6-4-8-23(15-21)43-22-7-3-5-19(13-22)29(32)38/h3-9,12-17,20,37H,10-11H2,1-2H3,(H2,32,38)(H,33,35). The van der Waals surface area contributed by atoms with Crippen LogP contribution >= 0.6 is 0 Å². The van der Waals surface area contributed by atoms with E-state index in [-0.39, 0.29) is 16.9 Å². The van der Waals surface area contributed by atoms with Crippen LogP contribution in [0.5, 0.6) is 23.4 Å². The van der Waals surface area contributed by atoms with Crippen molar-refractivity contribution in [3.8, 4) is 34.5 Å². The zero-order valence-electron chi connectivity index (χ0n) is 23.8. The van der Waals surface area contributed by atoms with E-state index in [1.54, 1.807) is 60.8 Å². The number of anilines is 2. The van der Waals surface area contributed by atoms with Crippen LogP contribution in [0.4, 0.5) is 11.4 Å². The van der Waals surface area contributed by atoms with Crippen molar-refractivity contribution in [1.29, 1.82) is 0 Å². The number of nitrogens with two attached hydrogens (primary N) is 1. The number of benzene rings is 3. The van der Waals surface area contributed by atoms with Gasteiger partial charge in [-0.1, -0.05) is 24.3 Å². The molecule has 0 atom stereocenters. The minimum Gasteiger partial charge on any atom is -0.480 e. The summed E-state index contributed by atoms with van der Waals surface area (Å²) in [6, 6.07) is 19.0. The second kappa shape index (κ2) is 11.8. The summed E-state index contributed by atoms with van der Waals surface area (Å²) in [5, 5.41) is 3.86. The molecule has 0 unspecified atom stereocenters. The molecule has 224 valence electrons. The van der Waals surface area contributed by atoms with E-state index in [4.69, 9.17) is 19.9 Å². The molecular formula is C31H28N6O6S. The van der Waals surface area contributed by atoms with Gasteiger partial charge in [0.25, 0.3) is 0 Å². The van der Waals surface area contributed by atoms with E-state index >= 15 is 0 Å². The second-order valence-electron chi connectivity index (χ2n) is 10.1. The number of amides is 1. The summed E-state index contributed by atoms with van der Waals surface area (Å²) >= 11 is 0. The molecule has 0 aliphatic heterocycles. The molecule has 6 rings (SSSR count). The Labute approximate surface area is 253 Å². The fourth-order valence-electron chi connectivity index (χ4n) is 4.59. The smallest absolute Gasteiger partial charge is 0.319 e. The number of fused-ring (bicyclic) bond motifs is 1. The van der Waals surface area contributed by atoms with Crippen LogP contribution in [0.15, 0.2) is 84.0 Å². The number of aromatic nitrogens is 3. The zero-order chi connectivity index (χ0) is 30.8. The van der Waals surface area contributed by atoms with Crippen molar-refractivity contribution in [3.63, 3.8) is 0 Å². The van der Waals surface area contributed by atoms with Gasteiger partial charge in [0.1, 0.15) is 16.4 Å². The monoisotopic (exact) mass is 612 g/mol. The summed E-state index contributed by atoms with van der Waals surface area (Å²) in [7, 11) is -0.924. The molecule has 5 aromatic rings. The van der Waals surface area contributed by atoms with Gasteiger partial charge in [-0.15, -0.1) is 0 Å². The molecule has 2 heterocycles. The quantitative estimate of drug-likeness (QED) is 0.189. The minimum atomic E-state index is -3.90. The summed E-state index contributed by atoms with van der Waals surface area (Å²) in [4.78, 5) is 24.6. The first kappa shape index (κ1) is 28.8. The van der Waals surface area contributed by atoms with Gasteiger partial charge in [0.2, 0.25) is 21.8 Å². The van der Waals surface area contributed by atoms with Crippen molar-refractivity contribution in [3.05, 3.63) is 84.7 Å². The molecule has 1 aliphatic carbocycles. The van der Waals surface area contributed by atoms with E-state index in [2.05, 4.69) is 25.0 Å². The van der Waals surface area contributed by atoms with Gasteiger partial charge in [-0.05, 0) is 54.8 Å². The maximum atomic E-state index is 13.5. The molecular weight excluding hydrogens is 584 g/mol. The highest BCUT2D eigenvalue weighted by atomic mass is 32.2. The van der Waals surface area contributed by atoms with Crippen LogP contribution in [0.1, 0.15) is 23.2 Å². The average molecular weight is 613 g/mol. The molecule has 12 nitrogen and oxygen atoms in total. The third kappa shape index (κ3) is 6.09. The molecule has 0 spiro atoms. The number of sulfonamides is 1. The highest BCUT2D eigenvalue weighted by molar-refractivity contribution is 7.89. The van der Waals surface area contributed by atoms with Crippen molar-refractivity contribution in [2.75, 3.05) is 19.5 Å². The van der Waals surface area contributed by atoms with E-state index in [1.807, 2.05) is 12.1 Å². The van der Waals surface area contributed by atoms with Crippen molar-refractivity contribution < 1.29 is 27.4 Å². The first-order valence-corrected chi connectivity index (χ1v) is 15.1. The largest absolute Gasteiger partial charge is 0.480 e. The van der Waals surface area contributed by atoms with Crippen LogP contribution in [0.25, 0.3) is 22.0 Å². The predicted octanol–water partition coefficient (Wildman–Crippen LogP) is 4.78. The van der Waals surface area contributed by atoms with Crippen LogP contribution < -0.4 is 30.0 Å². The number of nitrogens with zero attached hydrogens (tertiary/aromatic N) is 3. The van der Waals surface area contributed by atoms with Crippen molar-refractivity contribution in [2.24, 2.45) is 5.73 Å². The molecule has 2 aromatic heterocycles. The van der Waals surface area contributed by atoms with Gasteiger partial charge in [0, 0.05) is 41.1 Å². The number of ether oxygens (including phenoxy) is 3. The van der Waals surface area contributed by atoms with Crippen molar-refractivity contribution in [2.45, 2.75) is 23.8 Å². The highest BCUT2D eigenvalue weighted by Crippen LogP contribution is 2.37. The molecule has 0 radical (unpaired) electrons. The SMILES string of the molecule is COc1ncc(-c2ccc3c(Nc4cccc(Oc5cccc(C(N)=O)c5)c4)c(S(=O)(=O)NC4CC4)cnc3c2)c(OC)n1. The Morgan fingerprint density at radius 3 is 2.43 bits per heavy atom. The van der Waals surface area contributed by atoms with Gasteiger partial charge in [-0.25, -0.2) is 18.1 Å². The number of methoxy groups -OCH3 is 2. The van der Waals surface area contributed by atoms with Gasteiger partial charge >= 0.3 is 6.01 Å². The summed E-state index contributed by atoms with van der Waals surface area (Å²) in [6.45, 7) is 0. The number of hydrogen-bond acceptors (Lipinski definition) is 10. The fraction of sp³-hybridized carbons (Fsp3) is 0.161. The molecule has 1 saturated carbocycles. The molecule has 1 amide bonds. The summed E-state index contributed by atoms with van der Waals surface area (Å²) in [5.41, 5.74) is 8.50. The lowest BCUT2D eigenvalue weighted by Crippen LogP contribution is -2.26. The fourth-order valence-corrected chi connectivity index (χ4v) is 6.02. The second-order valence-corrected chi connectivity index (χ2v) is 11.7. The lowest BCUT2D eigenvalue weighted by atomic mass is 10.0. The molecule has 4 N–H and O–H groups in total.